The fourth-order valence-corrected chi connectivity index (χ4v) is 5.16. The summed E-state index contributed by atoms with van der Waals surface area (Å²) in [7, 11) is 2.23. The molecule has 0 spiro atoms. The fourth-order valence-electron chi connectivity index (χ4n) is 5.16. The van der Waals surface area contributed by atoms with E-state index in [2.05, 4.69) is 46.6 Å². The van der Waals surface area contributed by atoms with Crippen molar-refractivity contribution < 1.29 is 4.79 Å². The van der Waals surface area contributed by atoms with E-state index in [0.717, 1.165) is 23.7 Å². The van der Waals surface area contributed by atoms with Crippen LogP contribution in [0.15, 0.2) is 42.7 Å². The molecule has 0 saturated carbocycles. The van der Waals surface area contributed by atoms with Crippen LogP contribution in [0.3, 0.4) is 0 Å². The van der Waals surface area contributed by atoms with Gasteiger partial charge in [0.2, 0.25) is 0 Å². The van der Waals surface area contributed by atoms with Gasteiger partial charge >= 0.3 is 0 Å². The minimum atomic E-state index is 0.141. The molecule has 0 N–H and O–H groups in total. The van der Waals surface area contributed by atoms with Gasteiger partial charge in [0.05, 0.1) is 0 Å². The third-order valence-electron chi connectivity index (χ3n) is 7.50. The molecule has 0 bridgehead atoms. The van der Waals surface area contributed by atoms with Crippen molar-refractivity contribution in [2.45, 2.75) is 52.1 Å². The van der Waals surface area contributed by atoms with Gasteiger partial charge in [-0.15, -0.1) is 0 Å². The molecule has 0 radical (unpaired) electrons. The molecular formula is C27H38N4O. The Morgan fingerprint density at radius 3 is 2.31 bits per heavy atom. The third kappa shape index (κ3) is 5.76. The van der Waals surface area contributed by atoms with E-state index in [9.17, 15) is 4.79 Å². The van der Waals surface area contributed by atoms with Gasteiger partial charge in [-0.3, -0.25) is 9.78 Å². The van der Waals surface area contributed by atoms with Crippen molar-refractivity contribution in [1.29, 1.82) is 0 Å². The predicted molar refractivity (Wildman–Crippen MR) is 130 cm³/mol. The van der Waals surface area contributed by atoms with Crippen LogP contribution in [-0.2, 0) is 6.54 Å². The summed E-state index contributed by atoms with van der Waals surface area (Å²) in [5.74, 6) is 0.706. The van der Waals surface area contributed by atoms with E-state index in [1.54, 1.807) is 0 Å². The number of nitrogens with zero attached hydrogens (tertiary/aromatic N) is 4. The first kappa shape index (κ1) is 22.9. The Morgan fingerprint density at radius 2 is 1.66 bits per heavy atom. The van der Waals surface area contributed by atoms with E-state index in [-0.39, 0.29) is 5.91 Å². The number of pyridine rings is 1. The van der Waals surface area contributed by atoms with Crippen molar-refractivity contribution in [3.63, 3.8) is 0 Å². The number of piperidine rings is 2. The standard InChI is InChI=1S/C27H38N4O/c1-21-4-5-25(18-22(21)2)27(32)31(19-23-6-12-28-13-7-23)20-24-8-16-30(17-9-24)26-10-14-29(3)15-11-26/h4-7,12-13,18,24,26H,8-11,14-17,19-20H2,1-3H3. The third-order valence-corrected chi connectivity index (χ3v) is 7.50. The lowest BCUT2D eigenvalue weighted by Crippen LogP contribution is -2.48. The van der Waals surface area contributed by atoms with Crippen molar-refractivity contribution in [2.24, 2.45) is 5.92 Å². The summed E-state index contributed by atoms with van der Waals surface area (Å²) in [6.07, 6.45) is 8.57. The highest BCUT2D eigenvalue weighted by Crippen LogP contribution is 2.25. The number of likely N-dealkylation sites (tertiary alicyclic amines) is 2. The zero-order valence-corrected chi connectivity index (χ0v) is 20.0. The normalized spacial score (nSPS) is 19.2. The second kappa shape index (κ2) is 10.6. The van der Waals surface area contributed by atoms with Crippen LogP contribution in [0.5, 0.6) is 0 Å². The van der Waals surface area contributed by atoms with Crippen LogP contribution in [0.25, 0.3) is 0 Å². The maximum absolute atomic E-state index is 13.5. The highest BCUT2D eigenvalue weighted by atomic mass is 16.2. The fraction of sp³-hybridized carbons (Fsp3) is 0.556. The second-order valence-corrected chi connectivity index (χ2v) is 9.85. The Hall–Kier alpha value is -2.24. The zero-order valence-electron chi connectivity index (χ0n) is 20.0. The van der Waals surface area contributed by atoms with Crippen molar-refractivity contribution in [3.05, 3.63) is 65.0 Å². The van der Waals surface area contributed by atoms with Crippen LogP contribution in [0.4, 0.5) is 0 Å². The molecule has 1 aromatic carbocycles. The average Bonchev–Trinajstić information content (AvgIpc) is 2.82. The number of carbonyl (C=O) groups is 1. The number of hydrogen-bond acceptors (Lipinski definition) is 4. The SMILES string of the molecule is Cc1ccc(C(=O)N(Cc2ccncc2)CC2CCN(C3CCN(C)CC3)CC2)cc1C. The number of rotatable bonds is 6. The van der Waals surface area contributed by atoms with Crippen LogP contribution in [0, 0.1) is 19.8 Å². The minimum absolute atomic E-state index is 0.141. The summed E-state index contributed by atoms with van der Waals surface area (Å²) >= 11 is 0. The summed E-state index contributed by atoms with van der Waals surface area (Å²) in [6, 6.07) is 10.9. The Balaban J connectivity index is 1.41. The van der Waals surface area contributed by atoms with E-state index >= 15 is 0 Å². The highest BCUT2D eigenvalue weighted by molar-refractivity contribution is 5.94. The van der Waals surface area contributed by atoms with E-state index in [0.29, 0.717) is 12.5 Å². The molecule has 5 nitrogen and oxygen atoms in total. The van der Waals surface area contributed by atoms with Gasteiger partial charge in [-0.25, -0.2) is 0 Å². The van der Waals surface area contributed by atoms with E-state index in [4.69, 9.17) is 0 Å². The van der Waals surface area contributed by atoms with Crippen LogP contribution >= 0.6 is 0 Å². The number of aromatic nitrogens is 1. The molecule has 2 aliphatic rings. The minimum Gasteiger partial charge on any atom is -0.334 e. The van der Waals surface area contributed by atoms with Crippen molar-refractivity contribution in [3.8, 4) is 0 Å². The summed E-state index contributed by atoms with van der Waals surface area (Å²) in [5, 5.41) is 0. The lowest BCUT2D eigenvalue weighted by molar-refractivity contribution is 0.0587. The maximum Gasteiger partial charge on any atom is 0.254 e. The first-order valence-corrected chi connectivity index (χ1v) is 12.2. The lowest BCUT2D eigenvalue weighted by atomic mass is 9.92. The number of hydrogen-bond donors (Lipinski definition) is 0. The molecule has 32 heavy (non-hydrogen) atoms. The Bertz CT molecular complexity index is 884. The second-order valence-electron chi connectivity index (χ2n) is 9.85. The molecule has 2 fully saturated rings. The van der Waals surface area contributed by atoms with Crippen LogP contribution in [-0.4, -0.2) is 71.4 Å². The molecule has 0 aliphatic carbocycles. The Kier molecular flexibility index (Phi) is 7.59. The summed E-state index contributed by atoms with van der Waals surface area (Å²) in [4.78, 5) is 24.9. The first-order valence-electron chi connectivity index (χ1n) is 12.2. The van der Waals surface area contributed by atoms with Gasteiger partial charge < -0.3 is 14.7 Å². The molecule has 1 amide bonds. The summed E-state index contributed by atoms with van der Waals surface area (Å²) < 4.78 is 0. The van der Waals surface area contributed by atoms with E-state index < -0.39 is 0 Å². The van der Waals surface area contributed by atoms with Gasteiger partial charge in [-0.1, -0.05) is 6.07 Å². The molecule has 2 aromatic rings. The first-order chi connectivity index (χ1) is 15.5. The zero-order chi connectivity index (χ0) is 22.5. The van der Waals surface area contributed by atoms with Gasteiger partial charge in [0, 0.05) is 37.1 Å². The molecule has 172 valence electrons. The largest absolute Gasteiger partial charge is 0.334 e. The smallest absolute Gasteiger partial charge is 0.254 e. The van der Waals surface area contributed by atoms with Gasteiger partial charge in [0.1, 0.15) is 0 Å². The number of aryl methyl sites for hydroxylation is 2. The molecule has 5 heteroatoms. The summed E-state index contributed by atoms with van der Waals surface area (Å²) in [5.41, 5.74) is 4.33. The molecule has 4 rings (SSSR count). The topological polar surface area (TPSA) is 39.7 Å². The van der Waals surface area contributed by atoms with Crippen molar-refractivity contribution in [2.75, 3.05) is 39.8 Å². The Labute approximate surface area is 193 Å². The van der Waals surface area contributed by atoms with E-state index in [1.165, 1.54) is 63.0 Å². The number of carbonyl (C=O) groups excluding carboxylic acids is 1. The number of amides is 1. The van der Waals surface area contributed by atoms with E-state index in [1.807, 2.05) is 36.7 Å². The van der Waals surface area contributed by atoms with Crippen molar-refractivity contribution in [1.82, 2.24) is 19.7 Å². The lowest BCUT2D eigenvalue weighted by Gasteiger charge is -2.42. The highest BCUT2D eigenvalue weighted by Gasteiger charge is 2.29. The molecule has 2 aliphatic heterocycles. The average molecular weight is 435 g/mol. The van der Waals surface area contributed by atoms with Crippen molar-refractivity contribution >= 4 is 5.91 Å². The quantitative estimate of drug-likeness (QED) is 0.685. The maximum atomic E-state index is 13.5. The molecule has 0 atom stereocenters. The van der Waals surface area contributed by atoms with Crippen LogP contribution < -0.4 is 0 Å². The predicted octanol–water partition coefficient (Wildman–Crippen LogP) is 4.15. The van der Waals surface area contributed by atoms with Gasteiger partial charge in [-0.05, 0) is 120 Å². The van der Waals surface area contributed by atoms with Gasteiger partial charge in [0.25, 0.3) is 5.91 Å². The van der Waals surface area contributed by atoms with Crippen LogP contribution in [0.2, 0.25) is 0 Å². The molecule has 3 heterocycles. The monoisotopic (exact) mass is 434 g/mol. The molecule has 0 unspecified atom stereocenters. The molecule has 1 aromatic heterocycles. The van der Waals surface area contributed by atoms with Gasteiger partial charge in [-0.2, -0.15) is 0 Å². The van der Waals surface area contributed by atoms with Crippen LogP contribution in [0.1, 0.15) is 52.7 Å². The molecular weight excluding hydrogens is 396 g/mol. The summed E-state index contributed by atoms with van der Waals surface area (Å²) in [6.45, 7) is 10.4. The molecule has 2 saturated heterocycles. The van der Waals surface area contributed by atoms with Gasteiger partial charge in [0.15, 0.2) is 0 Å². The number of benzene rings is 1. The Morgan fingerprint density at radius 1 is 0.969 bits per heavy atom.